The van der Waals surface area contributed by atoms with Gasteiger partial charge in [0.25, 0.3) is 0 Å². The second-order valence-electron chi connectivity index (χ2n) is 4.57. The number of aromatic nitrogens is 1. The number of esters is 1. The highest BCUT2D eigenvalue weighted by atomic mass is 16.5. The van der Waals surface area contributed by atoms with Crippen molar-refractivity contribution in [1.29, 1.82) is 0 Å². The molecule has 0 saturated carbocycles. The fourth-order valence-corrected chi connectivity index (χ4v) is 1.99. The zero-order valence-corrected chi connectivity index (χ0v) is 11.8. The number of hydrogen-bond donors (Lipinski definition) is 2. The van der Waals surface area contributed by atoms with Crippen LogP contribution in [0.15, 0.2) is 12.3 Å². The molecule has 1 aromatic heterocycles. The van der Waals surface area contributed by atoms with E-state index in [0.717, 1.165) is 0 Å². The number of anilines is 2. The molecule has 1 unspecified atom stereocenters. The smallest absolute Gasteiger partial charge is 0.340 e. The molecule has 1 atom stereocenters. The number of hydrogen-bond acceptors (Lipinski definition) is 7. The maximum absolute atomic E-state index is 11.8. The van der Waals surface area contributed by atoms with Crippen molar-refractivity contribution in [3.63, 3.8) is 0 Å². The maximum atomic E-state index is 11.8. The van der Waals surface area contributed by atoms with Crippen molar-refractivity contribution < 1.29 is 19.1 Å². The Kier molecular flexibility index (Phi) is 4.06. The summed E-state index contributed by atoms with van der Waals surface area (Å²) < 4.78 is 4.91. The third kappa shape index (κ3) is 2.93. The van der Waals surface area contributed by atoms with Gasteiger partial charge in [-0.15, -0.1) is 0 Å². The summed E-state index contributed by atoms with van der Waals surface area (Å²) in [7, 11) is 0. The zero-order chi connectivity index (χ0) is 15.6. The van der Waals surface area contributed by atoms with Crippen molar-refractivity contribution in [3.8, 4) is 0 Å². The van der Waals surface area contributed by atoms with E-state index in [1.807, 2.05) is 0 Å². The molecular formula is C13H16N4O4. The molecule has 1 aromatic rings. The first-order valence-corrected chi connectivity index (χ1v) is 6.47. The summed E-state index contributed by atoms with van der Waals surface area (Å²) in [6.45, 7) is 3.53. The van der Waals surface area contributed by atoms with E-state index in [1.165, 1.54) is 17.2 Å². The lowest BCUT2D eigenvalue weighted by atomic mass is 10.1. The molecule has 0 aromatic carbocycles. The highest BCUT2D eigenvalue weighted by Crippen LogP contribution is 2.22. The van der Waals surface area contributed by atoms with Crippen LogP contribution in [-0.4, -0.2) is 42.0 Å². The number of pyridine rings is 1. The Balaban J connectivity index is 2.35. The second kappa shape index (κ2) is 5.78. The highest BCUT2D eigenvalue weighted by molar-refractivity contribution is 6.04. The Morgan fingerprint density at radius 1 is 1.57 bits per heavy atom. The number of nitrogens with two attached hydrogens (primary N) is 1. The number of carbonyl (C=O) groups excluding carboxylic acids is 3. The van der Waals surface area contributed by atoms with Gasteiger partial charge in [0.05, 0.1) is 30.6 Å². The van der Waals surface area contributed by atoms with Crippen LogP contribution in [0.1, 0.15) is 24.2 Å². The monoisotopic (exact) mass is 292 g/mol. The molecule has 0 radical (unpaired) electrons. The highest BCUT2D eigenvalue weighted by Gasteiger charge is 2.31. The molecule has 0 aliphatic carbocycles. The van der Waals surface area contributed by atoms with Gasteiger partial charge in [0, 0.05) is 0 Å². The fraction of sp³-hybridized carbons (Fsp3) is 0.385. The van der Waals surface area contributed by atoms with E-state index in [1.54, 1.807) is 13.8 Å². The Morgan fingerprint density at radius 3 is 2.95 bits per heavy atom. The molecule has 8 heteroatoms. The molecule has 0 spiro atoms. The minimum absolute atomic E-state index is 0.0217. The molecular weight excluding hydrogens is 276 g/mol. The molecule has 1 aliphatic rings. The van der Waals surface area contributed by atoms with Gasteiger partial charge in [0.1, 0.15) is 11.9 Å². The number of ether oxygens (including phenoxy) is 1. The number of piperazine rings is 1. The van der Waals surface area contributed by atoms with Gasteiger partial charge >= 0.3 is 5.97 Å². The normalized spacial score (nSPS) is 18.4. The fourth-order valence-electron chi connectivity index (χ4n) is 1.99. The summed E-state index contributed by atoms with van der Waals surface area (Å²) >= 11 is 0. The van der Waals surface area contributed by atoms with E-state index in [2.05, 4.69) is 10.3 Å². The molecule has 1 saturated heterocycles. The summed E-state index contributed by atoms with van der Waals surface area (Å²) in [5.41, 5.74) is 6.05. The molecule has 2 rings (SSSR count). The zero-order valence-electron chi connectivity index (χ0n) is 11.8. The summed E-state index contributed by atoms with van der Waals surface area (Å²) in [5.74, 6) is -1.08. The van der Waals surface area contributed by atoms with Crippen molar-refractivity contribution >= 4 is 29.3 Å². The van der Waals surface area contributed by atoms with Gasteiger partial charge < -0.3 is 15.4 Å². The number of nitrogens with zero attached hydrogens (tertiary/aromatic N) is 2. The third-order valence-corrected chi connectivity index (χ3v) is 3.13. The van der Waals surface area contributed by atoms with E-state index in [4.69, 9.17) is 10.5 Å². The van der Waals surface area contributed by atoms with E-state index in [0.29, 0.717) is 5.82 Å². The van der Waals surface area contributed by atoms with E-state index in [9.17, 15) is 14.4 Å². The second-order valence-corrected chi connectivity index (χ2v) is 4.57. The number of amides is 2. The summed E-state index contributed by atoms with van der Waals surface area (Å²) in [6, 6.07) is 0.851. The van der Waals surface area contributed by atoms with E-state index >= 15 is 0 Å². The summed E-state index contributed by atoms with van der Waals surface area (Å²) in [4.78, 5) is 40.5. The summed E-state index contributed by atoms with van der Waals surface area (Å²) in [6.07, 6.45) is 1.31. The largest absolute Gasteiger partial charge is 0.462 e. The van der Waals surface area contributed by atoms with Gasteiger partial charge in [0.15, 0.2) is 0 Å². The van der Waals surface area contributed by atoms with Crippen molar-refractivity contribution in [1.82, 2.24) is 10.3 Å². The van der Waals surface area contributed by atoms with Crippen molar-refractivity contribution in [3.05, 3.63) is 17.8 Å². The molecule has 2 amide bonds. The Labute approximate surface area is 121 Å². The predicted molar refractivity (Wildman–Crippen MR) is 74.6 cm³/mol. The Morgan fingerprint density at radius 2 is 2.29 bits per heavy atom. The average Bonchev–Trinajstić information content (AvgIpc) is 2.43. The Hall–Kier alpha value is -2.64. The van der Waals surface area contributed by atoms with Gasteiger partial charge in [-0.2, -0.15) is 0 Å². The van der Waals surface area contributed by atoms with Gasteiger partial charge in [-0.05, 0) is 19.9 Å². The van der Waals surface area contributed by atoms with Crippen LogP contribution in [0.2, 0.25) is 0 Å². The predicted octanol–water partition coefficient (Wildman–Crippen LogP) is -0.308. The van der Waals surface area contributed by atoms with Crippen molar-refractivity contribution in [2.45, 2.75) is 19.9 Å². The van der Waals surface area contributed by atoms with Crippen LogP contribution >= 0.6 is 0 Å². The number of nitrogen functional groups attached to an aromatic ring is 1. The lowest BCUT2D eigenvalue weighted by Gasteiger charge is -2.32. The molecule has 2 heterocycles. The topological polar surface area (TPSA) is 115 Å². The SMILES string of the molecule is CCOC(=O)c1cc(N2CC(=O)NC(=O)C2C)ncc1N. The van der Waals surface area contributed by atoms with Gasteiger partial charge in [0.2, 0.25) is 11.8 Å². The first-order valence-electron chi connectivity index (χ1n) is 6.47. The average molecular weight is 292 g/mol. The van der Waals surface area contributed by atoms with Crippen molar-refractivity contribution in [2.75, 3.05) is 23.8 Å². The van der Waals surface area contributed by atoms with Crippen LogP contribution < -0.4 is 16.0 Å². The molecule has 1 fully saturated rings. The molecule has 8 nitrogen and oxygen atoms in total. The van der Waals surface area contributed by atoms with E-state index in [-0.39, 0.29) is 24.4 Å². The summed E-state index contributed by atoms with van der Waals surface area (Å²) in [5, 5.41) is 2.23. The van der Waals surface area contributed by atoms with Gasteiger partial charge in [-0.1, -0.05) is 0 Å². The van der Waals surface area contributed by atoms with Crippen LogP contribution in [0.5, 0.6) is 0 Å². The number of rotatable bonds is 3. The Bertz CT molecular complexity index is 602. The van der Waals surface area contributed by atoms with Crippen LogP contribution in [0, 0.1) is 0 Å². The van der Waals surface area contributed by atoms with Crippen LogP contribution in [0.25, 0.3) is 0 Å². The standard InChI is InChI=1S/C13H16N4O4/c1-3-21-13(20)8-4-10(15-5-9(8)14)17-6-11(18)16-12(19)7(17)2/h4-5,7H,3,6,14H2,1-2H3,(H,16,18,19). The van der Waals surface area contributed by atoms with E-state index < -0.39 is 23.8 Å². The quantitative estimate of drug-likeness (QED) is 0.580. The van der Waals surface area contributed by atoms with Crippen LogP contribution in [0.4, 0.5) is 11.5 Å². The van der Waals surface area contributed by atoms with Gasteiger partial charge in [-0.3, -0.25) is 14.9 Å². The minimum atomic E-state index is -0.575. The lowest BCUT2D eigenvalue weighted by molar-refractivity contribution is -0.132. The first kappa shape index (κ1) is 14.8. The lowest BCUT2D eigenvalue weighted by Crippen LogP contribution is -2.57. The third-order valence-electron chi connectivity index (χ3n) is 3.13. The minimum Gasteiger partial charge on any atom is -0.462 e. The van der Waals surface area contributed by atoms with Gasteiger partial charge in [-0.25, -0.2) is 9.78 Å². The van der Waals surface area contributed by atoms with Crippen LogP contribution in [0.3, 0.4) is 0 Å². The maximum Gasteiger partial charge on any atom is 0.340 e. The number of imide groups is 1. The number of carbonyl (C=O) groups is 3. The first-order chi connectivity index (χ1) is 9.93. The number of nitrogens with one attached hydrogen (secondary N) is 1. The molecule has 1 aliphatic heterocycles. The molecule has 0 bridgehead atoms. The van der Waals surface area contributed by atoms with Crippen molar-refractivity contribution in [2.24, 2.45) is 0 Å². The molecule has 21 heavy (non-hydrogen) atoms. The molecule has 112 valence electrons. The molecule has 3 N–H and O–H groups in total. The van der Waals surface area contributed by atoms with Crippen LogP contribution in [-0.2, 0) is 14.3 Å².